The summed E-state index contributed by atoms with van der Waals surface area (Å²) >= 11 is 1.52. The fourth-order valence-electron chi connectivity index (χ4n) is 2.63. The Hall–Kier alpha value is -1.36. The Kier molecular flexibility index (Phi) is 3.94. The number of piperazine rings is 1. The van der Waals surface area contributed by atoms with Crippen LogP contribution in [0.15, 0.2) is 10.8 Å². The van der Waals surface area contributed by atoms with Crippen molar-refractivity contribution >= 4 is 23.2 Å². The number of rotatable bonds is 3. The monoisotopic (exact) mass is 280 g/mol. The summed E-state index contributed by atoms with van der Waals surface area (Å²) in [5.41, 5.74) is 0.986. The highest BCUT2D eigenvalue weighted by atomic mass is 32.1. The van der Waals surface area contributed by atoms with Gasteiger partial charge < -0.3 is 10.2 Å². The molecule has 0 aliphatic carbocycles. The molecule has 1 fully saturated rings. The van der Waals surface area contributed by atoms with Crippen LogP contribution in [0.2, 0.25) is 0 Å². The van der Waals surface area contributed by atoms with Crippen LogP contribution in [0.1, 0.15) is 42.6 Å². The molecule has 0 saturated carbocycles. The second-order valence-corrected chi connectivity index (χ2v) is 5.95. The summed E-state index contributed by atoms with van der Waals surface area (Å²) < 4.78 is 0. The fraction of sp³-hybridized carbons (Fsp3) is 0.571. The van der Waals surface area contributed by atoms with Gasteiger partial charge in [-0.15, -0.1) is 0 Å². The maximum atomic E-state index is 12.7. The summed E-state index contributed by atoms with van der Waals surface area (Å²) in [4.78, 5) is 26.6. The van der Waals surface area contributed by atoms with Gasteiger partial charge in [0.1, 0.15) is 5.54 Å². The van der Waals surface area contributed by atoms with Gasteiger partial charge in [-0.05, 0) is 31.2 Å². The number of carbonyl (C=O) groups is 2. The number of nitrogens with zero attached hydrogens (tertiary/aromatic N) is 1. The molecule has 0 bridgehead atoms. The first-order valence-electron chi connectivity index (χ1n) is 6.63. The topological polar surface area (TPSA) is 49.4 Å². The lowest BCUT2D eigenvalue weighted by molar-refractivity contribution is -0.134. The fourth-order valence-corrected chi connectivity index (χ4v) is 3.45. The molecule has 1 aliphatic heterocycles. The second kappa shape index (κ2) is 5.33. The standard InChI is InChI=1S/C14H20N2O2S/c1-4-5-14(3)13(18)15-6-7-16(14)12(17)11-9-19-8-10(11)2/h8-9H,4-7H2,1-3H3,(H,15,18)/t14-/m1/s1. The Bertz CT molecular complexity index is 497. The molecule has 0 radical (unpaired) electrons. The minimum absolute atomic E-state index is 0.0236. The lowest BCUT2D eigenvalue weighted by atomic mass is 9.90. The van der Waals surface area contributed by atoms with E-state index in [1.54, 1.807) is 4.90 Å². The number of nitrogens with one attached hydrogen (secondary N) is 1. The van der Waals surface area contributed by atoms with Crippen molar-refractivity contribution in [3.8, 4) is 0 Å². The smallest absolute Gasteiger partial charge is 0.255 e. The molecule has 1 atom stereocenters. The van der Waals surface area contributed by atoms with Gasteiger partial charge in [-0.3, -0.25) is 9.59 Å². The van der Waals surface area contributed by atoms with Gasteiger partial charge >= 0.3 is 0 Å². The molecule has 0 unspecified atom stereocenters. The SMILES string of the molecule is CCC[C@]1(C)C(=O)NCCN1C(=O)c1cscc1C. The summed E-state index contributed by atoms with van der Waals surface area (Å²) in [6, 6.07) is 0. The number of amides is 2. The second-order valence-electron chi connectivity index (χ2n) is 5.21. The molecule has 2 rings (SSSR count). The minimum atomic E-state index is -0.724. The molecule has 19 heavy (non-hydrogen) atoms. The van der Waals surface area contributed by atoms with Crippen LogP contribution in [-0.4, -0.2) is 35.3 Å². The molecule has 104 valence electrons. The molecule has 0 spiro atoms. The van der Waals surface area contributed by atoms with E-state index >= 15 is 0 Å². The first-order chi connectivity index (χ1) is 9.00. The van der Waals surface area contributed by atoms with Gasteiger partial charge in [-0.2, -0.15) is 11.3 Å². The average Bonchev–Trinajstić information content (AvgIpc) is 2.79. The molecule has 4 nitrogen and oxygen atoms in total. The van der Waals surface area contributed by atoms with Crippen LogP contribution in [0.4, 0.5) is 0 Å². The molecule has 1 aromatic heterocycles. The Labute approximate surface area is 117 Å². The van der Waals surface area contributed by atoms with Crippen molar-refractivity contribution in [2.75, 3.05) is 13.1 Å². The van der Waals surface area contributed by atoms with E-state index in [2.05, 4.69) is 5.32 Å². The van der Waals surface area contributed by atoms with Crippen LogP contribution >= 0.6 is 11.3 Å². The Morgan fingerprint density at radius 1 is 1.53 bits per heavy atom. The molecule has 2 heterocycles. The molecule has 5 heteroatoms. The summed E-state index contributed by atoms with van der Waals surface area (Å²) in [5, 5.41) is 6.71. The third-order valence-electron chi connectivity index (χ3n) is 3.77. The highest BCUT2D eigenvalue weighted by molar-refractivity contribution is 7.08. The average molecular weight is 280 g/mol. The predicted octanol–water partition coefficient (Wildman–Crippen LogP) is 2.19. The van der Waals surface area contributed by atoms with E-state index in [0.29, 0.717) is 19.5 Å². The number of thiophene rings is 1. The lowest BCUT2D eigenvalue weighted by Gasteiger charge is -2.43. The van der Waals surface area contributed by atoms with Crippen molar-refractivity contribution in [2.24, 2.45) is 0 Å². The van der Waals surface area contributed by atoms with Crippen LogP contribution in [0.25, 0.3) is 0 Å². The zero-order valence-corrected chi connectivity index (χ0v) is 12.5. The quantitative estimate of drug-likeness (QED) is 0.922. The van der Waals surface area contributed by atoms with Crippen LogP contribution in [0.5, 0.6) is 0 Å². The van der Waals surface area contributed by atoms with Crippen molar-refractivity contribution in [2.45, 2.75) is 39.2 Å². The van der Waals surface area contributed by atoms with Crippen molar-refractivity contribution in [1.29, 1.82) is 0 Å². The van der Waals surface area contributed by atoms with Gasteiger partial charge in [-0.25, -0.2) is 0 Å². The van der Waals surface area contributed by atoms with Crippen molar-refractivity contribution in [3.63, 3.8) is 0 Å². The number of hydrogen-bond donors (Lipinski definition) is 1. The van der Waals surface area contributed by atoms with E-state index in [-0.39, 0.29) is 11.8 Å². The van der Waals surface area contributed by atoms with Crippen LogP contribution < -0.4 is 5.32 Å². The molecular formula is C14H20N2O2S. The van der Waals surface area contributed by atoms with Gasteiger partial charge in [0.25, 0.3) is 5.91 Å². The van der Waals surface area contributed by atoms with Gasteiger partial charge in [0.05, 0.1) is 5.56 Å². The Balaban J connectivity index is 2.33. The van der Waals surface area contributed by atoms with Crippen molar-refractivity contribution in [3.05, 3.63) is 21.9 Å². The summed E-state index contributed by atoms with van der Waals surface area (Å²) in [6.45, 7) is 6.95. The van der Waals surface area contributed by atoms with E-state index in [4.69, 9.17) is 0 Å². The molecule has 0 aromatic carbocycles. The van der Waals surface area contributed by atoms with E-state index in [1.807, 2.05) is 31.5 Å². The lowest BCUT2D eigenvalue weighted by Crippen LogP contribution is -2.64. The first kappa shape index (κ1) is 14.1. The minimum Gasteiger partial charge on any atom is -0.352 e. The van der Waals surface area contributed by atoms with Gasteiger partial charge in [0.2, 0.25) is 5.91 Å². The highest BCUT2D eigenvalue weighted by Gasteiger charge is 2.44. The van der Waals surface area contributed by atoms with E-state index in [9.17, 15) is 9.59 Å². The molecule has 1 N–H and O–H groups in total. The normalized spacial score (nSPS) is 23.3. The molecule has 1 aliphatic rings. The van der Waals surface area contributed by atoms with Gasteiger partial charge in [0.15, 0.2) is 0 Å². The van der Waals surface area contributed by atoms with E-state index in [0.717, 1.165) is 17.5 Å². The summed E-state index contributed by atoms with van der Waals surface area (Å²) in [5.74, 6) is -0.0635. The zero-order chi connectivity index (χ0) is 14.0. The maximum Gasteiger partial charge on any atom is 0.255 e. The van der Waals surface area contributed by atoms with Crippen LogP contribution in [0.3, 0.4) is 0 Å². The third-order valence-corrected chi connectivity index (χ3v) is 4.64. The number of carbonyl (C=O) groups excluding carboxylic acids is 2. The van der Waals surface area contributed by atoms with Crippen molar-refractivity contribution < 1.29 is 9.59 Å². The van der Waals surface area contributed by atoms with Crippen LogP contribution in [-0.2, 0) is 4.79 Å². The van der Waals surface area contributed by atoms with Gasteiger partial charge in [-0.1, -0.05) is 13.3 Å². The molecular weight excluding hydrogens is 260 g/mol. The molecule has 2 amide bonds. The molecule has 1 saturated heterocycles. The zero-order valence-electron chi connectivity index (χ0n) is 11.7. The molecule has 1 aromatic rings. The number of hydrogen-bond acceptors (Lipinski definition) is 3. The Morgan fingerprint density at radius 3 is 2.84 bits per heavy atom. The summed E-state index contributed by atoms with van der Waals surface area (Å²) in [7, 11) is 0. The van der Waals surface area contributed by atoms with Gasteiger partial charge in [0, 0.05) is 18.5 Å². The van der Waals surface area contributed by atoms with Crippen molar-refractivity contribution in [1.82, 2.24) is 10.2 Å². The maximum absolute atomic E-state index is 12.7. The first-order valence-corrected chi connectivity index (χ1v) is 7.58. The van der Waals surface area contributed by atoms with E-state index in [1.165, 1.54) is 11.3 Å². The Morgan fingerprint density at radius 2 is 2.26 bits per heavy atom. The van der Waals surface area contributed by atoms with Crippen LogP contribution in [0, 0.1) is 6.92 Å². The predicted molar refractivity (Wildman–Crippen MR) is 76.4 cm³/mol. The highest BCUT2D eigenvalue weighted by Crippen LogP contribution is 2.27. The van der Waals surface area contributed by atoms with E-state index < -0.39 is 5.54 Å². The third kappa shape index (κ3) is 2.39. The summed E-state index contributed by atoms with van der Waals surface area (Å²) in [6.07, 6.45) is 1.56. The number of aryl methyl sites for hydroxylation is 1. The largest absolute Gasteiger partial charge is 0.352 e.